The monoisotopic (exact) mass is 342 g/mol. The molecule has 1 nitrogen and oxygen atoms in total. The largest absolute Gasteiger partial charge is 0.295 e. The molecule has 0 heterocycles. The third-order valence-electron chi connectivity index (χ3n) is 2.46. The Morgan fingerprint density at radius 3 is 2.42 bits per heavy atom. The van der Waals surface area contributed by atoms with Gasteiger partial charge in [-0.2, -0.15) is 0 Å². The molecule has 2 rings (SSSR count). The number of rotatable bonds is 3. The van der Waals surface area contributed by atoms with Gasteiger partial charge in [0, 0.05) is 19.8 Å². The number of hydrogen-bond acceptors (Lipinski definition) is 2. The second kappa shape index (κ2) is 5.84. The molecule has 0 saturated heterocycles. The number of halogens is 3. The molecule has 0 aromatic heterocycles. The van der Waals surface area contributed by atoms with Crippen LogP contribution in [0.4, 0.5) is 8.78 Å². The SMILES string of the molecule is CC(=O)c1ccc(Sc2ccc(F)c(F)c2)c(Br)c1. The highest BCUT2D eigenvalue weighted by molar-refractivity contribution is 9.10. The van der Waals surface area contributed by atoms with Crippen molar-refractivity contribution in [3.63, 3.8) is 0 Å². The van der Waals surface area contributed by atoms with E-state index in [-0.39, 0.29) is 5.78 Å². The average Bonchev–Trinajstić information content (AvgIpc) is 2.36. The predicted molar refractivity (Wildman–Crippen MR) is 74.6 cm³/mol. The third kappa shape index (κ3) is 3.42. The smallest absolute Gasteiger partial charge is 0.159 e. The molecule has 0 aliphatic heterocycles. The van der Waals surface area contributed by atoms with Gasteiger partial charge in [-0.15, -0.1) is 0 Å². The molecule has 0 fully saturated rings. The van der Waals surface area contributed by atoms with Crippen molar-refractivity contribution < 1.29 is 13.6 Å². The first-order valence-corrected chi connectivity index (χ1v) is 7.01. The minimum atomic E-state index is -0.874. The Kier molecular flexibility index (Phi) is 4.37. The predicted octanol–water partition coefficient (Wildman–Crippen LogP) is 5.08. The molecule has 0 saturated carbocycles. The standard InChI is InChI=1S/C14H9BrF2OS/c1-8(18)9-2-5-14(11(15)6-9)19-10-3-4-12(16)13(17)7-10/h2-7H,1H3. The Hall–Kier alpha value is -1.20. The van der Waals surface area contributed by atoms with E-state index >= 15 is 0 Å². The molecule has 0 aliphatic rings. The normalized spacial score (nSPS) is 10.5. The Morgan fingerprint density at radius 2 is 1.84 bits per heavy atom. The molecular weight excluding hydrogens is 334 g/mol. The number of ketones is 1. The van der Waals surface area contributed by atoms with Crippen molar-refractivity contribution in [1.29, 1.82) is 0 Å². The van der Waals surface area contributed by atoms with Gasteiger partial charge in [-0.1, -0.05) is 17.8 Å². The van der Waals surface area contributed by atoms with Gasteiger partial charge in [0.25, 0.3) is 0 Å². The molecular formula is C14H9BrF2OS. The van der Waals surface area contributed by atoms with E-state index in [9.17, 15) is 13.6 Å². The lowest BCUT2D eigenvalue weighted by Crippen LogP contribution is -1.91. The molecule has 0 amide bonds. The molecule has 2 aromatic rings. The topological polar surface area (TPSA) is 17.1 Å². The first-order chi connectivity index (χ1) is 8.97. The number of carbonyl (C=O) groups excluding carboxylic acids is 1. The van der Waals surface area contributed by atoms with Crippen LogP contribution in [0.15, 0.2) is 50.7 Å². The Balaban J connectivity index is 2.28. The van der Waals surface area contributed by atoms with Crippen LogP contribution in [0.25, 0.3) is 0 Å². The van der Waals surface area contributed by atoms with Gasteiger partial charge in [-0.3, -0.25) is 4.79 Å². The highest BCUT2D eigenvalue weighted by Gasteiger charge is 2.08. The van der Waals surface area contributed by atoms with E-state index in [4.69, 9.17) is 0 Å². The lowest BCUT2D eigenvalue weighted by molar-refractivity contribution is 0.101. The molecule has 0 aliphatic carbocycles. The summed E-state index contributed by atoms with van der Waals surface area (Å²) in [7, 11) is 0. The lowest BCUT2D eigenvalue weighted by atomic mass is 10.2. The molecule has 0 atom stereocenters. The van der Waals surface area contributed by atoms with E-state index in [0.717, 1.165) is 21.5 Å². The fourth-order valence-corrected chi connectivity index (χ4v) is 2.94. The zero-order valence-corrected chi connectivity index (χ0v) is 12.3. The quantitative estimate of drug-likeness (QED) is 0.723. The van der Waals surface area contributed by atoms with Gasteiger partial charge < -0.3 is 0 Å². The van der Waals surface area contributed by atoms with Gasteiger partial charge in [0.05, 0.1) is 0 Å². The molecule has 0 unspecified atom stereocenters. The summed E-state index contributed by atoms with van der Waals surface area (Å²) in [5, 5.41) is 0. The van der Waals surface area contributed by atoms with Crippen LogP contribution in [0.1, 0.15) is 17.3 Å². The van der Waals surface area contributed by atoms with Crippen molar-refractivity contribution in [3.05, 3.63) is 58.1 Å². The molecule has 0 N–H and O–H groups in total. The summed E-state index contributed by atoms with van der Waals surface area (Å²) >= 11 is 4.66. The Labute approximate surface area is 122 Å². The van der Waals surface area contributed by atoms with Crippen LogP contribution in [0.5, 0.6) is 0 Å². The zero-order valence-electron chi connectivity index (χ0n) is 9.91. The fourth-order valence-electron chi connectivity index (χ4n) is 1.47. The summed E-state index contributed by atoms with van der Waals surface area (Å²) in [6.07, 6.45) is 0. The molecule has 5 heteroatoms. The maximum absolute atomic E-state index is 13.1. The minimum Gasteiger partial charge on any atom is -0.295 e. The summed E-state index contributed by atoms with van der Waals surface area (Å²) in [6.45, 7) is 1.49. The van der Waals surface area contributed by atoms with Gasteiger partial charge in [0.15, 0.2) is 17.4 Å². The highest BCUT2D eigenvalue weighted by Crippen LogP contribution is 2.34. The van der Waals surface area contributed by atoms with Crippen molar-refractivity contribution in [2.24, 2.45) is 0 Å². The van der Waals surface area contributed by atoms with Crippen molar-refractivity contribution in [2.75, 3.05) is 0 Å². The number of benzene rings is 2. The van der Waals surface area contributed by atoms with E-state index in [1.54, 1.807) is 18.2 Å². The second-order valence-corrected chi connectivity index (χ2v) is 5.85. The zero-order chi connectivity index (χ0) is 14.0. The molecule has 2 aromatic carbocycles. The van der Waals surface area contributed by atoms with E-state index < -0.39 is 11.6 Å². The maximum atomic E-state index is 13.1. The number of Topliss-reactive ketones (excluding diaryl/α,β-unsaturated/α-hetero) is 1. The Morgan fingerprint density at radius 1 is 1.11 bits per heavy atom. The van der Waals surface area contributed by atoms with Gasteiger partial charge in [0.1, 0.15) is 0 Å². The fraction of sp³-hybridized carbons (Fsp3) is 0.0714. The van der Waals surface area contributed by atoms with E-state index in [1.807, 2.05) is 0 Å². The second-order valence-electron chi connectivity index (χ2n) is 3.88. The van der Waals surface area contributed by atoms with Crippen LogP contribution < -0.4 is 0 Å². The minimum absolute atomic E-state index is 0.0231. The average molecular weight is 343 g/mol. The van der Waals surface area contributed by atoms with Crippen LogP contribution in [0.3, 0.4) is 0 Å². The summed E-state index contributed by atoms with van der Waals surface area (Å²) in [4.78, 5) is 12.7. The van der Waals surface area contributed by atoms with Crippen molar-refractivity contribution in [3.8, 4) is 0 Å². The van der Waals surface area contributed by atoms with Crippen LogP contribution in [0, 0.1) is 11.6 Å². The number of carbonyl (C=O) groups is 1. The van der Waals surface area contributed by atoms with Gasteiger partial charge >= 0.3 is 0 Å². The van der Waals surface area contributed by atoms with Crippen LogP contribution >= 0.6 is 27.7 Å². The lowest BCUT2D eigenvalue weighted by Gasteiger charge is -2.06. The van der Waals surface area contributed by atoms with Crippen molar-refractivity contribution in [2.45, 2.75) is 16.7 Å². The van der Waals surface area contributed by atoms with Gasteiger partial charge in [-0.05, 0) is 53.2 Å². The molecule has 0 bridgehead atoms. The first-order valence-electron chi connectivity index (χ1n) is 5.41. The third-order valence-corrected chi connectivity index (χ3v) is 4.44. The summed E-state index contributed by atoms with van der Waals surface area (Å²) in [5.74, 6) is -1.76. The van der Waals surface area contributed by atoms with E-state index in [0.29, 0.717) is 10.5 Å². The number of hydrogen-bond donors (Lipinski definition) is 0. The Bertz CT molecular complexity index is 643. The summed E-state index contributed by atoms with van der Waals surface area (Å²) in [6, 6.07) is 8.93. The van der Waals surface area contributed by atoms with Crippen LogP contribution in [-0.2, 0) is 0 Å². The molecule has 19 heavy (non-hydrogen) atoms. The molecule has 0 spiro atoms. The summed E-state index contributed by atoms with van der Waals surface area (Å²) in [5.41, 5.74) is 0.599. The van der Waals surface area contributed by atoms with E-state index in [2.05, 4.69) is 15.9 Å². The molecule has 98 valence electrons. The molecule has 0 radical (unpaired) electrons. The first kappa shape index (κ1) is 14.2. The van der Waals surface area contributed by atoms with Crippen LogP contribution in [-0.4, -0.2) is 5.78 Å². The van der Waals surface area contributed by atoms with Gasteiger partial charge in [-0.25, -0.2) is 8.78 Å². The van der Waals surface area contributed by atoms with Gasteiger partial charge in [0.2, 0.25) is 0 Å². The van der Waals surface area contributed by atoms with Crippen LogP contribution in [0.2, 0.25) is 0 Å². The highest BCUT2D eigenvalue weighted by atomic mass is 79.9. The summed E-state index contributed by atoms with van der Waals surface area (Å²) < 4.78 is 26.7. The van der Waals surface area contributed by atoms with Crippen molar-refractivity contribution >= 4 is 33.5 Å². The maximum Gasteiger partial charge on any atom is 0.159 e. The van der Waals surface area contributed by atoms with E-state index in [1.165, 1.54) is 24.8 Å². The van der Waals surface area contributed by atoms with Crippen molar-refractivity contribution in [1.82, 2.24) is 0 Å².